The highest BCUT2D eigenvalue weighted by Crippen LogP contribution is 2.31. The fraction of sp³-hybridized carbons (Fsp3) is 0.208. The number of aliphatic hydroxyl groups is 1. The van der Waals surface area contributed by atoms with Gasteiger partial charge in [-0.25, -0.2) is 22.4 Å². The van der Waals surface area contributed by atoms with Crippen molar-refractivity contribution in [1.29, 1.82) is 0 Å². The smallest absolute Gasteiger partial charge is 0.253 e. The lowest BCUT2D eigenvalue weighted by Gasteiger charge is -2.18. The van der Waals surface area contributed by atoms with Crippen LogP contribution in [0.3, 0.4) is 0 Å². The molecule has 2 heterocycles. The van der Waals surface area contributed by atoms with Gasteiger partial charge in [0, 0.05) is 30.9 Å². The summed E-state index contributed by atoms with van der Waals surface area (Å²) < 4.78 is 28.2. The minimum Gasteiger partial charge on any atom is -0.392 e. The normalized spacial score (nSPS) is 12.6. The van der Waals surface area contributed by atoms with Gasteiger partial charge in [-0.1, -0.05) is 42.5 Å². The van der Waals surface area contributed by atoms with Gasteiger partial charge in [0.2, 0.25) is 10.0 Å². The molecule has 0 aliphatic heterocycles. The van der Waals surface area contributed by atoms with E-state index in [-0.39, 0.29) is 23.9 Å². The molecule has 0 aliphatic carbocycles. The molecule has 0 bridgehead atoms. The molecular formula is C24H23BrN4O4S. The maximum Gasteiger partial charge on any atom is 0.253 e. The van der Waals surface area contributed by atoms with Crippen LogP contribution in [0, 0.1) is 0 Å². The molecule has 1 N–H and O–H groups in total. The molecule has 0 aliphatic rings. The van der Waals surface area contributed by atoms with E-state index in [2.05, 4.69) is 25.9 Å². The van der Waals surface area contributed by atoms with E-state index in [1.165, 1.54) is 21.3 Å². The van der Waals surface area contributed by atoms with Gasteiger partial charge in [0.05, 0.1) is 18.1 Å². The van der Waals surface area contributed by atoms with Crippen LogP contribution in [0.25, 0.3) is 22.3 Å². The first-order valence-electron chi connectivity index (χ1n) is 10.5. The maximum absolute atomic E-state index is 13.3. The Balaban J connectivity index is 1.74. The first-order valence-corrected chi connectivity index (χ1v) is 12.9. The SMILES string of the molecule is C[C@@H](O)CN(C)C(=O)c1ccc(-c2cn(S(=O)(=O)Cc3ccccc3)c3ncc(Br)nc23)cc1. The van der Waals surface area contributed by atoms with Crippen LogP contribution in [0.4, 0.5) is 0 Å². The van der Waals surface area contributed by atoms with E-state index in [1.54, 1.807) is 62.5 Å². The molecule has 0 saturated carbocycles. The second-order valence-electron chi connectivity index (χ2n) is 8.06. The quantitative estimate of drug-likeness (QED) is 0.381. The molecule has 0 radical (unpaired) electrons. The van der Waals surface area contributed by atoms with Crippen LogP contribution in [-0.2, 0) is 15.8 Å². The Kier molecular flexibility index (Phi) is 6.83. The van der Waals surface area contributed by atoms with Crippen LogP contribution < -0.4 is 0 Å². The first-order chi connectivity index (χ1) is 16.2. The van der Waals surface area contributed by atoms with Crippen LogP contribution in [0.2, 0.25) is 0 Å². The van der Waals surface area contributed by atoms with Crippen LogP contribution in [0.15, 0.2) is 71.6 Å². The fourth-order valence-electron chi connectivity index (χ4n) is 3.71. The maximum atomic E-state index is 13.3. The van der Waals surface area contributed by atoms with E-state index < -0.39 is 16.1 Å². The zero-order valence-corrected chi connectivity index (χ0v) is 21.0. The summed E-state index contributed by atoms with van der Waals surface area (Å²) in [6, 6.07) is 15.8. The fourth-order valence-corrected chi connectivity index (χ4v) is 5.41. The Bertz CT molecular complexity index is 1440. The minimum absolute atomic E-state index is 0.183. The third-order valence-electron chi connectivity index (χ3n) is 5.25. The van der Waals surface area contributed by atoms with E-state index in [9.17, 15) is 18.3 Å². The Morgan fingerprint density at radius 3 is 2.47 bits per heavy atom. The molecular weight excluding hydrogens is 520 g/mol. The lowest BCUT2D eigenvalue weighted by Crippen LogP contribution is -2.32. The van der Waals surface area contributed by atoms with E-state index in [0.29, 0.717) is 32.4 Å². The van der Waals surface area contributed by atoms with E-state index in [4.69, 9.17) is 0 Å². The van der Waals surface area contributed by atoms with Gasteiger partial charge in [0.15, 0.2) is 5.65 Å². The molecule has 176 valence electrons. The van der Waals surface area contributed by atoms with Crippen molar-refractivity contribution in [2.24, 2.45) is 0 Å². The Morgan fingerprint density at radius 2 is 1.82 bits per heavy atom. The number of aliphatic hydroxyl groups excluding tert-OH is 1. The molecule has 0 saturated heterocycles. The van der Waals surface area contributed by atoms with Gasteiger partial charge in [0.25, 0.3) is 5.91 Å². The van der Waals surface area contributed by atoms with Gasteiger partial charge in [-0.15, -0.1) is 0 Å². The number of benzene rings is 2. The average molecular weight is 543 g/mol. The molecule has 1 atom stereocenters. The molecule has 0 fully saturated rings. The molecule has 0 spiro atoms. The number of aromatic nitrogens is 3. The second-order valence-corrected chi connectivity index (χ2v) is 10.7. The molecule has 1 amide bonds. The number of rotatable bonds is 7. The van der Waals surface area contributed by atoms with Crippen molar-refractivity contribution in [2.45, 2.75) is 18.8 Å². The zero-order valence-electron chi connectivity index (χ0n) is 18.6. The third kappa shape index (κ3) is 5.03. The Morgan fingerprint density at radius 1 is 1.15 bits per heavy atom. The number of likely N-dealkylation sites (N-methyl/N-ethyl adjacent to an activating group) is 1. The van der Waals surface area contributed by atoms with Crippen molar-refractivity contribution < 1.29 is 18.3 Å². The zero-order chi connectivity index (χ0) is 24.5. The number of carbonyl (C=O) groups excluding carboxylic acids is 1. The Hall–Kier alpha value is -3.08. The number of hydrogen-bond donors (Lipinski definition) is 1. The summed E-state index contributed by atoms with van der Waals surface area (Å²) >= 11 is 3.32. The van der Waals surface area contributed by atoms with Crippen LogP contribution >= 0.6 is 15.9 Å². The highest BCUT2D eigenvalue weighted by atomic mass is 79.9. The average Bonchev–Trinajstić information content (AvgIpc) is 3.18. The summed E-state index contributed by atoms with van der Waals surface area (Å²) in [7, 11) is -2.14. The minimum atomic E-state index is -3.77. The van der Waals surface area contributed by atoms with Crippen LogP contribution in [0.1, 0.15) is 22.8 Å². The molecule has 0 unspecified atom stereocenters. The molecule has 10 heteroatoms. The van der Waals surface area contributed by atoms with Crippen molar-refractivity contribution in [3.63, 3.8) is 0 Å². The lowest BCUT2D eigenvalue weighted by molar-refractivity contribution is 0.0703. The van der Waals surface area contributed by atoms with Gasteiger partial charge in [-0.2, -0.15) is 0 Å². The van der Waals surface area contributed by atoms with E-state index in [0.717, 1.165) is 0 Å². The highest BCUT2D eigenvalue weighted by Gasteiger charge is 2.23. The number of hydrogen-bond acceptors (Lipinski definition) is 6. The predicted molar refractivity (Wildman–Crippen MR) is 134 cm³/mol. The van der Waals surface area contributed by atoms with Gasteiger partial charge >= 0.3 is 0 Å². The van der Waals surface area contributed by atoms with Crippen molar-refractivity contribution in [3.05, 3.63) is 82.7 Å². The second kappa shape index (κ2) is 9.65. The highest BCUT2D eigenvalue weighted by molar-refractivity contribution is 9.10. The topological polar surface area (TPSA) is 105 Å². The molecule has 4 aromatic rings. The van der Waals surface area contributed by atoms with E-state index >= 15 is 0 Å². The molecule has 4 rings (SSSR count). The van der Waals surface area contributed by atoms with Crippen LogP contribution in [0.5, 0.6) is 0 Å². The first kappa shape index (κ1) is 24.1. The molecule has 2 aromatic carbocycles. The summed E-state index contributed by atoms with van der Waals surface area (Å²) in [5.74, 6) is -0.402. The summed E-state index contributed by atoms with van der Waals surface area (Å²) in [4.78, 5) is 22.8. The summed E-state index contributed by atoms with van der Waals surface area (Å²) in [5, 5.41) is 9.53. The predicted octanol–water partition coefficient (Wildman–Crippen LogP) is 3.69. The van der Waals surface area contributed by atoms with Crippen molar-refractivity contribution >= 4 is 43.0 Å². The van der Waals surface area contributed by atoms with Crippen LogP contribution in [-0.4, -0.2) is 58.0 Å². The molecule has 34 heavy (non-hydrogen) atoms. The van der Waals surface area contributed by atoms with Crippen molar-refractivity contribution in [2.75, 3.05) is 13.6 Å². The van der Waals surface area contributed by atoms with Crippen molar-refractivity contribution in [1.82, 2.24) is 18.8 Å². The summed E-state index contributed by atoms with van der Waals surface area (Å²) in [6.45, 7) is 1.84. The lowest BCUT2D eigenvalue weighted by atomic mass is 10.1. The number of nitrogens with zero attached hydrogens (tertiary/aromatic N) is 4. The standard InChI is InChI=1S/C24H23BrN4O4S/c1-16(30)13-28(2)24(31)19-10-8-18(9-11-19)20-14-29(23-22(20)27-21(25)12-26-23)34(32,33)15-17-6-4-3-5-7-17/h3-12,14,16,30H,13,15H2,1-2H3/t16-/m1/s1. The number of amides is 1. The largest absolute Gasteiger partial charge is 0.392 e. The van der Waals surface area contributed by atoms with Gasteiger partial charge in [0.1, 0.15) is 10.1 Å². The number of fused-ring (bicyclic) bond motifs is 1. The van der Waals surface area contributed by atoms with E-state index in [1.807, 2.05) is 6.07 Å². The van der Waals surface area contributed by atoms with Gasteiger partial charge in [-0.05, 0) is 46.1 Å². The van der Waals surface area contributed by atoms with Gasteiger partial charge in [-0.3, -0.25) is 4.79 Å². The summed E-state index contributed by atoms with van der Waals surface area (Å²) in [6.07, 6.45) is 2.35. The number of halogens is 1. The summed E-state index contributed by atoms with van der Waals surface area (Å²) in [5.41, 5.74) is 3.06. The monoisotopic (exact) mass is 542 g/mol. The molecule has 8 nitrogen and oxygen atoms in total. The Labute approximate surface area is 206 Å². The van der Waals surface area contributed by atoms with Crippen molar-refractivity contribution in [3.8, 4) is 11.1 Å². The third-order valence-corrected chi connectivity index (χ3v) is 7.21. The number of carbonyl (C=O) groups is 1. The molecule has 2 aromatic heterocycles. The van der Waals surface area contributed by atoms with Gasteiger partial charge < -0.3 is 10.0 Å².